The van der Waals surface area contributed by atoms with E-state index in [1.54, 1.807) is 18.2 Å². The monoisotopic (exact) mass is 504 g/mol. The molecule has 1 fully saturated rings. The molecule has 3 heterocycles. The Balaban J connectivity index is 2.02. The van der Waals surface area contributed by atoms with E-state index in [1.165, 1.54) is 41.0 Å². The van der Waals surface area contributed by atoms with Crippen molar-refractivity contribution in [1.82, 2.24) is 9.55 Å². The summed E-state index contributed by atoms with van der Waals surface area (Å²) in [6, 6.07) is 4.88. The van der Waals surface area contributed by atoms with E-state index in [1.807, 2.05) is 0 Å². The van der Waals surface area contributed by atoms with E-state index >= 15 is 0 Å². The van der Waals surface area contributed by atoms with Gasteiger partial charge in [0.2, 0.25) is 12.3 Å². The summed E-state index contributed by atoms with van der Waals surface area (Å²) in [4.78, 5) is 64.0. The Morgan fingerprint density at radius 1 is 0.917 bits per heavy atom. The highest BCUT2D eigenvalue weighted by Crippen LogP contribution is 2.32. The topological polar surface area (TPSA) is 153 Å². The number of ether oxygens (including phenoxy) is 5. The van der Waals surface area contributed by atoms with Crippen molar-refractivity contribution in [3.63, 3.8) is 0 Å². The Bertz CT molecular complexity index is 1130. The zero-order valence-corrected chi connectivity index (χ0v) is 20.1. The van der Waals surface area contributed by atoms with Crippen LogP contribution in [0, 0.1) is 0 Å². The average Bonchev–Trinajstić information content (AvgIpc) is 3.29. The van der Waals surface area contributed by atoms with E-state index in [0.717, 1.165) is 20.8 Å². The van der Waals surface area contributed by atoms with Gasteiger partial charge in [0.15, 0.2) is 17.9 Å². The molecule has 0 spiro atoms. The minimum absolute atomic E-state index is 0.182. The van der Waals surface area contributed by atoms with Gasteiger partial charge in [-0.25, -0.2) is 14.3 Å². The molecule has 2 aromatic heterocycles. The quantitative estimate of drug-likeness (QED) is 0.287. The highest BCUT2D eigenvalue weighted by molar-refractivity contribution is 5.93. The third-order valence-corrected chi connectivity index (χ3v) is 5.04. The van der Waals surface area contributed by atoms with Crippen molar-refractivity contribution < 1.29 is 52.2 Å². The Hall–Kier alpha value is -4.13. The standard InChI is InChI=1S/C23H26N3O10/c1-13(27)32-11-18-19(33-14(2)28)20(34-15(3)29)21(35-16(4)30)23(36-18)26-10-9-25(12-26)22(31)17-7-5-6-8-24-17/h5-10,12,18-21,23H,11H2,1-4H3/q+1/t18-,19-,20+,21-,23-/m1/s1. The minimum atomic E-state index is -1.32. The van der Waals surface area contributed by atoms with Crippen molar-refractivity contribution in [3.8, 4) is 0 Å². The van der Waals surface area contributed by atoms with Crippen LogP contribution in [0.3, 0.4) is 0 Å². The Morgan fingerprint density at radius 2 is 1.56 bits per heavy atom. The first-order valence-corrected chi connectivity index (χ1v) is 10.9. The maximum atomic E-state index is 12.8. The van der Waals surface area contributed by atoms with Crippen LogP contribution in [-0.2, 0) is 42.9 Å². The van der Waals surface area contributed by atoms with E-state index < -0.39 is 60.4 Å². The first kappa shape index (κ1) is 26.5. The van der Waals surface area contributed by atoms with Crippen LogP contribution in [0.25, 0.3) is 0 Å². The second-order valence-electron chi connectivity index (χ2n) is 7.88. The van der Waals surface area contributed by atoms with Crippen LogP contribution in [0.2, 0.25) is 0 Å². The van der Waals surface area contributed by atoms with Gasteiger partial charge in [-0.15, -0.1) is 0 Å². The van der Waals surface area contributed by atoms with Crippen LogP contribution >= 0.6 is 0 Å². The number of aromatic nitrogens is 3. The van der Waals surface area contributed by atoms with E-state index in [-0.39, 0.29) is 12.3 Å². The van der Waals surface area contributed by atoms with Crippen molar-refractivity contribution in [2.24, 2.45) is 0 Å². The largest absolute Gasteiger partial charge is 0.463 e. The van der Waals surface area contributed by atoms with Gasteiger partial charge in [-0.05, 0) is 12.1 Å². The summed E-state index contributed by atoms with van der Waals surface area (Å²) in [7, 11) is 0. The van der Waals surface area contributed by atoms with Crippen LogP contribution < -0.4 is 4.57 Å². The SMILES string of the molecule is CC(=O)OC[C@H]1O[C@@H]([n+]2ccn(C(=O)c3ccccn3)c2)[C@H](OC(C)=O)[C@@H](OC(C)=O)[C@@H]1OC(C)=O. The van der Waals surface area contributed by atoms with Crippen LogP contribution in [-0.4, -0.2) is 70.4 Å². The number of pyridine rings is 1. The Kier molecular flexibility index (Phi) is 8.48. The molecule has 1 aliphatic heterocycles. The fourth-order valence-electron chi connectivity index (χ4n) is 3.71. The van der Waals surface area contributed by atoms with Crippen LogP contribution in [0.4, 0.5) is 0 Å². The Morgan fingerprint density at radius 3 is 2.14 bits per heavy atom. The maximum Gasteiger partial charge on any atom is 0.364 e. The first-order valence-electron chi connectivity index (χ1n) is 10.9. The lowest BCUT2D eigenvalue weighted by Crippen LogP contribution is -2.65. The van der Waals surface area contributed by atoms with E-state index in [9.17, 15) is 24.0 Å². The van der Waals surface area contributed by atoms with Gasteiger partial charge >= 0.3 is 29.8 Å². The summed E-state index contributed by atoms with van der Waals surface area (Å²) in [5, 5.41) is 0. The minimum Gasteiger partial charge on any atom is -0.463 e. The highest BCUT2D eigenvalue weighted by atomic mass is 16.7. The zero-order valence-electron chi connectivity index (χ0n) is 20.1. The molecule has 13 heteroatoms. The predicted molar refractivity (Wildman–Crippen MR) is 116 cm³/mol. The number of nitrogens with zero attached hydrogens (tertiary/aromatic N) is 3. The third-order valence-electron chi connectivity index (χ3n) is 5.04. The fraction of sp³-hybridized carbons (Fsp3) is 0.435. The van der Waals surface area contributed by atoms with Gasteiger partial charge in [0.1, 0.15) is 25.1 Å². The van der Waals surface area contributed by atoms with Gasteiger partial charge < -0.3 is 23.7 Å². The lowest BCUT2D eigenvalue weighted by molar-refractivity contribution is -0.776. The number of rotatable bonds is 7. The van der Waals surface area contributed by atoms with E-state index in [2.05, 4.69) is 4.98 Å². The molecular weight excluding hydrogens is 478 g/mol. The molecule has 0 N–H and O–H groups in total. The number of carbonyl (C=O) groups is 5. The number of imidazole rings is 1. The van der Waals surface area contributed by atoms with Crippen molar-refractivity contribution in [2.45, 2.75) is 58.3 Å². The van der Waals surface area contributed by atoms with Gasteiger partial charge in [0.25, 0.3) is 6.33 Å². The summed E-state index contributed by atoms with van der Waals surface area (Å²) in [5.74, 6) is -3.26. The van der Waals surface area contributed by atoms with Crippen molar-refractivity contribution in [2.75, 3.05) is 6.61 Å². The van der Waals surface area contributed by atoms with Crippen LogP contribution in [0.15, 0.2) is 43.1 Å². The molecule has 1 aliphatic rings. The van der Waals surface area contributed by atoms with E-state index in [4.69, 9.17) is 23.7 Å². The molecule has 192 valence electrons. The Labute approximate surface area is 205 Å². The molecule has 0 aromatic carbocycles. The number of esters is 4. The lowest BCUT2D eigenvalue weighted by atomic mass is 9.97. The third kappa shape index (κ3) is 6.50. The predicted octanol–water partition coefficient (Wildman–Crippen LogP) is 0.115. The van der Waals surface area contributed by atoms with Gasteiger partial charge in [0.05, 0.1) is 0 Å². The van der Waals surface area contributed by atoms with Gasteiger partial charge in [0, 0.05) is 33.9 Å². The second kappa shape index (κ2) is 11.5. The van der Waals surface area contributed by atoms with Crippen molar-refractivity contribution >= 4 is 29.8 Å². The molecule has 0 unspecified atom stereocenters. The maximum absolute atomic E-state index is 12.8. The highest BCUT2D eigenvalue weighted by Gasteiger charge is 2.54. The van der Waals surface area contributed by atoms with Gasteiger partial charge in [-0.3, -0.25) is 19.2 Å². The van der Waals surface area contributed by atoms with Crippen LogP contribution in [0.5, 0.6) is 0 Å². The molecule has 0 aliphatic carbocycles. The molecule has 5 atom stereocenters. The molecule has 0 bridgehead atoms. The normalized spacial score (nSPS) is 23.3. The van der Waals surface area contributed by atoms with Crippen molar-refractivity contribution in [3.05, 3.63) is 48.8 Å². The molecule has 0 saturated carbocycles. The summed E-state index contributed by atoms with van der Waals surface area (Å²) in [5.41, 5.74) is 0.182. The molecule has 13 nitrogen and oxygen atoms in total. The van der Waals surface area contributed by atoms with Gasteiger partial charge in [-0.2, -0.15) is 4.57 Å². The smallest absolute Gasteiger partial charge is 0.364 e. The van der Waals surface area contributed by atoms with Gasteiger partial charge in [-0.1, -0.05) is 6.07 Å². The number of hydrogen-bond acceptors (Lipinski definition) is 11. The second-order valence-corrected chi connectivity index (χ2v) is 7.88. The molecule has 0 amide bonds. The summed E-state index contributed by atoms with van der Waals surface area (Å²) in [6.45, 7) is 4.25. The number of carbonyl (C=O) groups excluding carboxylic acids is 5. The number of hydrogen-bond donors (Lipinski definition) is 0. The fourth-order valence-corrected chi connectivity index (χ4v) is 3.71. The molecule has 3 rings (SSSR count). The zero-order chi connectivity index (χ0) is 26.4. The summed E-state index contributed by atoms with van der Waals surface area (Å²) in [6.07, 6.45) is -0.406. The first-order chi connectivity index (χ1) is 17.1. The summed E-state index contributed by atoms with van der Waals surface area (Å²) < 4.78 is 30.0. The molecule has 0 radical (unpaired) electrons. The molecular formula is C23H26N3O10+. The average molecular weight is 504 g/mol. The molecule has 2 aromatic rings. The molecule has 1 saturated heterocycles. The van der Waals surface area contributed by atoms with Crippen LogP contribution in [0.1, 0.15) is 44.4 Å². The lowest BCUT2D eigenvalue weighted by Gasteiger charge is -2.42. The van der Waals surface area contributed by atoms with E-state index in [0.29, 0.717) is 0 Å². The molecule has 36 heavy (non-hydrogen) atoms. The summed E-state index contributed by atoms with van der Waals surface area (Å²) >= 11 is 0. The van der Waals surface area contributed by atoms with Crippen molar-refractivity contribution in [1.29, 1.82) is 0 Å².